The number of rotatable bonds is 5. The largest absolute Gasteiger partial charge is 0.395 e. The summed E-state index contributed by atoms with van der Waals surface area (Å²) in [5.41, 5.74) is 1.17. The highest BCUT2D eigenvalue weighted by Crippen LogP contribution is 2.10. The molecule has 3 heteroatoms. The lowest BCUT2D eigenvalue weighted by Gasteiger charge is -2.24. The summed E-state index contributed by atoms with van der Waals surface area (Å²) in [7, 11) is 3.88. The van der Waals surface area contributed by atoms with E-state index in [1.165, 1.54) is 5.69 Å². The number of para-hydroxylation sites is 1. The summed E-state index contributed by atoms with van der Waals surface area (Å²) >= 11 is 0. The first-order valence-electron chi connectivity index (χ1n) is 4.82. The maximum Gasteiger partial charge on any atom is 0.0601 e. The number of likely N-dealkylation sites (N-methyl/N-ethyl adjacent to an activating group) is 2. The molecular formula is C11H18N2O. The lowest BCUT2D eigenvalue weighted by Crippen LogP contribution is -2.40. The predicted octanol–water partition coefficient (Wildman–Crippen LogP) is 0.703. The summed E-state index contributed by atoms with van der Waals surface area (Å²) in [5, 5.41) is 12.1. The summed E-state index contributed by atoms with van der Waals surface area (Å²) in [6.45, 7) is 0.963. The zero-order valence-corrected chi connectivity index (χ0v) is 8.77. The number of hydrogen-bond acceptors (Lipinski definition) is 3. The van der Waals surface area contributed by atoms with Gasteiger partial charge in [-0.3, -0.25) is 0 Å². The molecule has 78 valence electrons. The Labute approximate surface area is 85.4 Å². The Morgan fingerprint density at radius 3 is 2.50 bits per heavy atom. The van der Waals surface area contributed by atoms with Crippen molar-refractivity contribution in [3.63, 3.8) is 0 Å². The Morgan fingerprint density at radius 2 is 2.00 bits per heavy atom. The SMILES string of the molecule is CNC(CO)CN(C)c1ccccc1. The fraction of sp³-hybridized carbons (Fsp3) is 0.455. The molecule has 1 aromatic rings. The van der Waals surface area contributed by atoms with Gasteiger partial charge in [0.1, 0.15) is 0 Å². The van der Waals surface area contributed by atoms with Gasteiger partial charge in [-0.05, 0) is 19.2 Å². The Bertz CT molecular complexity index is 247. The van der Waals surface area contributed by atoms with Crippen LogP contribution in [-0.4, -0.2) is 38.4 Å². The van der Waals surface area contributed by atoms with Crippen molar-refractivity contribution in [1.29, 1.82) is 0 Å². The molecule has 0 fully saturated rings. The first-order valence-corrected chi connectivity index (χ1v) is 4.82. The molecule has 0 radical (unpaired) electrons. The van der Waals surface area contributed by atoms with E-state index in [1.54, 1.807) is 0 Å². The number of hydrogen-bond donors (Lipinski definition) is 2. The van der Waals surface area contributed by atoms with Crippen LogP contribution in [0, 0.1) is 0 Å². The van der Waals surface area contributed by atoms with Gasteiger partial charge >= 0.3 is 0 Å². The number of nitrogens with zero attached hydrogens (tertiary/aromatic N) is 1. The first kappa shape index (κ1) is 11.0. The Balaban J connectivity index is 2.54. The normalized spacial score (nSPS) is 12.5. The highest BCUT2D eigenvalue weighted by atomic mass is 16.3. The Morgan fingerprint density at radius 1 is 1.36 bits per heavy atom. The third kappa shape index (κ3) is 3.01. The van der Waals surface area contributed by atoms with Crippen LogP contribution in [0.25, 0.3) is 0 Å². The number of anilines is 1. The van der Waals surface area contributed by atoms with Gasteiger partial charge in [0.2, 0.25) is 0 Å². The molecule has 1 aromatic carbocycles. The highest BCUT2D eigenvalue weighted by Gasteiger charge is 2.07. The van der Waals surface area contributed by atoms with Crippen molar-refractivity contribution in [1.82, 2.24) is 5.32 Å². The van der Waals surface area contributed by atoms with Crippen molar-refractivity contribution in [3.8, 4) is 0 Å². The van der Waals surface area contributed by atoms with E-state index in [0.29, 0.717) is 0 Å². The van der Waals surface area contributed by atoms with Gasteiger partial charge in [0.15, 0.2) is 0 Å². The number of benzene rings is 1. The van der Waals surface area contributed by atoms with Gasteiger partial charge in [0, 0.05) is 25.3 Å². The summed E-state index contributed by atoms with van der Waals surface area (Å²) in [6.07, 6.45) is 0. The summed E-state index contributed by atoms with van der Waals surface area (Å²) in [4.78, 5) is 2.12. The van der Waals surface area contributed by atoms with Crippen LogP contribution in [0.4, 0.5) is 5.69 Å². The zero-order valence-electron chi connectivity index (χ0n) is 8.77. The van der Waals surface area contributed by atoms with E-state index in [4.69, 9.17) is 5.11 Å². The monoisotopic (exact) mass is 194 g/mol. The molecule has 0 heterocycles. The molecule has 0 aliphatic rings. The minimum Gasteiger partial charge on any atom is -0.395 e. The minimum atomic E-state index is 0.125. The average molecular weight is 194 g/mol. The van der Waals surface area contributed by atoms with Crippen molar-refractivity contribution < 1.29 is 5.11 Å². The quantitative estimate of drug-likeness (QED) is 0.724. The Hall–Kier alpha value is -1.06. The van der Waals surface area contributed by atoms with E-state index in [-0.39, 0.29) is 12.6 Å². The fourth-order valence-electron chi connectivity index (χ4n) is 1.36. The first-order chi connectivity index (χ1) is 6.77. The molecule has 14 heavy (non-hydrogen) atoms. The lowest BCUT2D eigenvalue weighted by molar-refractivity contribution is 0.251. The van der Waals surface area contributed by atoms with Crippen molar-refractivity contribution >= 4 is 5.69 Å². The average Bonchev–Trinajstić information content (AvgIpc) is 2.26. The van der Waals surface area contributed by atoms with E-state index in [9.17, 15) is 0 Å². The molecular weight excluding hydrogens is 176 g/mol. The van der Waals surface area contributed by atoms with E-state index >= 15 is 0 Å². The smallest absolute Gasteiger partial charge is 0.0601 e. The molecule has 0 aliphatic carbocycles. The van der Waals surface area contributed by atoms with Gasteiger partial charge in [0.05, 0.1) is 6.61 Å². The summed E-state index contributed by atoms with van der Waals surface area (Å²) < 4.78 is 0. The van der Waals surface area contributed by atoms with Crippen LogP contribution < -0.4 is 10.2 Å². The van der Waals surface area contributed by atoms with Crippen LogP contribution in [0.1, 0.15) is 0 Å². The third-order valence-electron chi connectivity index (χ3n) is 2.32. The van der Waals surface area contributed by atoms with Crippen molar-refractivity contribution in [2.24, 2.45) is 0 Å². The van der Waals surface area contributed by atoms with Gasteiger partial charge < -0.3 is 15.3 Å². The van der Waals surface area contributed by atoms with Crippen molar-refractivity contribution in [2.45, 2.75) is 6.04 Å². The molecule has 3 nitrogen and oxygen atoms in total. The molecule has 1 rings (SSSR count). The van der Waals surface area contributed by atoms with Crippen LogP contribution in [0.15, 0.2) is 30.3 Å². The molecule has 1 unspecified atom stereocenters. The number of aliphatic hydroxyl groups excluding tert-OH is 1. The van der Waals surface area contributed by atoms with E-state index in [0.717, 1.165) is 6.54 Å². The second kappa shape index (κ2) is 5.62. The second-order valence-corrected chi connectivity index (χ2v) is 3.38. The number of nitrogens with one attached hydrogen (secondary N) is 1. The molecule has 0 aliphatic heterocycles. The van der Waals surface area contributed by atoms with Crippen LogP contribution >= 0.6 is 0 Å². The maximum absolute atomic E-state index is 9.03. The highest BCUT2D eigenvalue weighted by molar-refractivity contribution is 5.45. The zero-order chi connectivity index (χ0) is 10.4. The molecule has 0 aromatic heterocycles. The van der Waals surface area contributed by atoms with Gasteiger partial charge in [-0.2, -0.15) is 0 Å². The van der Waals surface area contributed by atoms with E-state index in [1.807, 2.05) is 32.3 Å². The van der Waals surface area contributed by atoms with Crippen LogP contribution in [0.5, 0.6) is 0 Å². The molecule has 2 N–H and O–H groups in total. The third-order valence-corrected chi connectivity index (χ3v) is 2.32. The molecule has 0 bridgehead atoms. The fourth-order valence-corrected chi connectivity index (χ4v) is 1.36. The van der Waals surface area contributed by atoms with E-state index < -0.39 is 0 Å². The van der Waals surface area contributed by atoms with Gasteiger partial charge in [0.25, 0.3) is 0 Å². The summed E-state index contributed by atoms with van der Waals surface area (Å²) in [5.74, 6) is 0. The predicted molar refractivity (Wildman–Crippen MR) is 59.6 cm³/mol. The standard InChI is InChI=1S/C11H18N2O/c1-12-10(9-14)8-13(2)11-6-4-3-5-7-11/h3-7,10,12,14H,8-9H2,1-2H3. The minimum absolute atomic E-state index is 0.125. The number of aliphatic hydroxyl groups is 1. The second-order valence-electron chi connectivity index (χ2n) is 3.38. The van der Waals surface area contributed by atoms with Gasteiger partial charge in [-0.15, -0.1) is 0 Å². The van der Waals surface area contributed by atoms with Gasteiger partial charge in [-0.1, -0.05) is 18.2 Å². The van der Waals surface area contributed by atoms with Crippen LogP contribution in [-0.2, 0) is 0 Å². The lowest BCUT2D eigenvalue weighted by atomic mass is 10.2. The molecule has 0 saturated carbocycles. The van der Waals surface area contributed by atoms with E-state index in [2.05, 4.69) is 22.3 Å². The van der Waals surface area contributed by atoms with Crippen LogP contribution in [0.3, 0.4) is 0 Å². The molecule has 0 saturated heterocycles. The maximum atomic E-state index is 9.03. The topological polar surface area (TPSA) is 35.5 Å². The van der Waals surface area contributed by atoms with Gasteiger partial charge in [-0.25, -0.2) is 0 Å². The molecule has 0 spiro atoms. The van der Waals surface area contributed by atoms with Crippen molar-refractivity contribution in [3.05, 3.63) is 30.3 Å². The molecule has 0 amide bonds. The molecule has 1 atom stereocenters. The van der Waals surface area contributed by atoms with Crippen molar-refractivity contribution in [2.75, 3.05) is 32.1 Å². The summed E-state index contributed by atoms with van der Waals surface area (Å²) in [6, 6.07) is 10.3. The Kier molecular flexibility index (Phi) is 4.43. The van der Waals surface area contributed by atoms with Crippen LogP contribution in [0.2, 0.25) is 0 Å².